The van der Waals surface area contributed by atoms with Crippen molar-refractivity contribution in [1.82, 2.24) is 0 Å². The molecule has 0 aromatic heterocycles. The summed E-state index contributed by atoms with van der Waals surface area (Å²) < 4.78 is 0. The van der Waals surface area contributed by atoms with Gasteiger partial charge in [0.1, 0.15) is 0 Å². The zero-order valence-corrected chi connectivity index (χ0v) is 12.9. The number of thioether (sulfide) groups is 1. The second-order valence-corrected chi connectivity index (χ2v) is 6.64. The maximum atomic E-state index is 7.94. The third-order valence-corrected chi connectivity index (χ3v) is 5.20. The fraction of sp³-hybridized carbons (Fsp3) is 0.733. The van der Waals surface area contributed by atoms with Crippen LogP contribution in [0.4, 0.5) is 0 Å². The van der Waals surface area contributed by atoms with Crippen molar-refractivity contribution in [2.24, 2.45) is 17.8 Å². The molecule has 0 amide bonds. The molecule has 0 aliphatic heterocycles. The predicted molar refractivity (Wildman–Crippen MR) is 83.0 cm³/mol. The second kappa shape index (κ2) is 7.13. The van der Waals surface area contributed by atoms with Crippen molar-refractivity contribution >= 4 is 23.2 Å². The van der Waals surface area contributed by atoms with Gasteiger partial charge in [-0.05, 0) is 36.0 Å². The SMILES string of the molecule is CCC(=N)C(=N)[C@@H](C)CSC1=CC[C@@H](C)C[C@H]1C. The second-order valence-electron chi connectivity index (χ2n) is 5.54. The third kappa shape index (κ3) is 4.27. The molecule has 3 heteroatoms. The molecule has 2 nitrogen and oxygen atoms in total. The largest absolute Gasteiger partial charge is 0.303 e. The van der Waals surface area contributed by atoms with Crippen LogP contribution in [0.3, 0.4) is 0 Å². The van der Waals surface area contributed by atoms with Crippen molar-refractivity contribution in [1.29, 1.82) is 10.8 Å². The lowest BCUT2D eigenvalue weighted by atomic mass is 9.89. The van der Waals surface area contributed by atoms with Gasteiger partial charge in [0.05, 0.1) is 11.4 Å². The zero-order valence-electron chi connectivity index (χ0n) is 12.0. The van der Waals surface area contributed by atoms with Gasteiger partial charge in [-0.1, -0.05) is 33.8 Å². The van der Waals surface area contributed by atoms with Crippen LogP contribution >= 0.6 is 11.8 Å². The van der Waals surface area contributed by atoms with E-state index in [4.69, 9.17) is 10.8 Å². The first kappa shape index (κ1) is 15.5. The van der Waals surface area contributed by atoms with Crippen LogP contribution in [0.15, 0.2) is 11.0 Å². The molecule has 0 aromatic rings. The average molecular weight is 266 g/mol. The number of hydrogen-bond acceptors (Lipinski definition) is 3. The van der Waals surface area contributed by atoms with Gasteiger partial charge in [-0.3, -0.25) is 0 Å². The van der Waals surface area contributed by atoms with E-state index < -0.39 is 0 Å². The molecule has 0 aromatic carbocycles. The minimum atomic E-state index is 0.190. The molecule has 0 saturated carbocycles. The molecule has 0 bridgehead atoms. The van der Waals surface area contributed by atoms with Crippen molar-refractivity contribution in [3.63, 3.8) is 0 Å². The lowest BCUT2D eigenvalue weighted by Crippen LogP contribution is -2.21. The molecule has 3 atom stereocenters. The van der Waals surface area contributed by atoms with Crippen LogP contribution in [0.2, 0.25) is 0 Å². The summed E-state index contributed by atoms with van der Waals surface area (Å²) in [5.41, 5.74) is 1.00. The lowest BCUT2D eigenvalue weighted by molar-refractivity contribution is 0.444. The molecule has 102 valence electrons. The molecule has 1 aliphatic rings. The van der Waals surface area contributed by atoms with Crippen molar-refractivity contribution in [3.8, 4) is 0 Å². The highest BCUT2D eigenvalue weighted by atomic mass is 32.2. The summed E-state index contributed by atoms with van der Waals surface area (Å²) in [4.78, 5) is 1.50. The fourth-order valence-electron chi connectivity index (χ4n) is 2.33. The molecule has 18 heavy (non-hydrogen) atoms. The maximum Gasteiger partial charge on any atom is 0.0557 e. The molecule has 2 N–H and O–H groups in total. The van der Waals surface area contributed by atoms with Gasteiger partial charge in [-0.2, -0.15) is 0 Å². The molecule has 0 heterocycles. The first-order valence-electron chi connectivity index (χ1n) is 6.94. The van der Waals surface area contributed by atoms with Crippen LogP contribution in [0, 0.1) is 28.6 Å². The van der Waals surface area contributed by atoms with Gasteiger partial charge >= 0.3 is 0 Å². The van der Waals surface area contributed by atoms with Gasteiger partial charge in [-0.15, -0.1) is 11.8 Å². The highest BCUT2D eigenvalue weighted by molar-refractivity contribution is 8.03. The summed E-state index contributed by atoms with van der Waals surface area (Å²) >= 11 is 1.90. The first-order chi connectivity index (χ1) is 8.45. The van der Waals surface area contributed by atoms with Crippen LogP contribution in [0.25, 0.3) is 0 Å². The Kier molecular flexibility index (Phi) is 6.13. The quantitative estimate of drug-likeness (QED) is 0.669. The molecule has 0 spiro atoms. The number of allylic oxidation sites excluding steroid dienone is 2. The highest BCUT2D eigenvalue weighted by Crippen LogP contribution is 2.36. The van der Waals surface area contributed by atoms with Crippen molar-refractivity contribution in [3.05, 3.63) is 11.0 Å². The molecule has 0 fully saturated rings. The minimum Gasteiger partial charge on any atom is -0.303 e. The van der Waals surface area contributed by atoms with Crippen molar-refractivity contribution in [2.75, 3.05) is 5.75 Å². The van der Waals surface area contributed by atoms with Crippen molar-refractivity contribution < 1.29 is 0 Å². The molecular formula is C15H26N2S. The molecule has 0 saturated heterocycles. The van der Waals surface area contributed by atoms with Gasteiger partial charge in [0.15, 0.2) is 0 Å². The Labute approximate surface area is 116 Å². The normalized spacial score (nSPS) is 25.4. The summed E-state index contributed by atoms with van der Waals surface area (Å²) in [6.07, 6.45) is 5.54. The van der Waals surface area contributed by atoms with E-state index >= 15 is 0 Å². The smallest absolute Gasteiger partial charge is 0.0557 e. The van der Waals surface area contributed by atoms with E-state index in [0.717, 1.165) is 11.7 Å². The molecule has 0 unspecified atom stereocenters. The fourth-order valence-corrected chi connectivity index (χ4v) is 3.53. The molecule has 1 rings (SSSR count). The van der Waals surface area contributed by atoms with Crippen LogP contribution < -0.4 is 0 Å². The summed E-state index contributed by atoms with van der Waals surface area (Å²) in [7, 11) is 0. The standard InChI is InChI=1S/C15H26N2S/c1-5-13(16)15(17)12(4)9-18-14-7-6-10(2)8-11(14)3/h7,10-12,16-17H,5-6,8-9H2,1-4H3/t10-,11-,12+/m1/s1. The topological polar surface area (TPSA) is 47.7 Å². The van der Waals surface area contributed by atoms with E-state index in [0.29, 0.717) is 23.8 Å². The Hall–Kier alpha value is -0.570. The Balaban J connectivity index is 2.45. The van der Waals surface area contributed by atoms with Crippen LogP contribution in [0.5, 0.6) is 0 Å². The predicted octanol–water partition coefficient (Wildman–Crippen LogP) is 4.76. The summed E-state index contributed by atoms with van der Waals surface area (Å²) in [5.74, 6) is 2.61. The lowest BCUT2D eigenvalue weighted by Gasteiger charge is -2.25. The Morgan fingerprint density at radius 3 is 2.67 bits per heavy atom. The maximum absolute atomic E-state index is 7.94. The van der Waals surface area contributed by atoms with E-state index in [1.165, 1.54) is 17.7 Å². The zero-order chi connectivity index (χ0) is 13.7. The number of nitrogens with one attached hydrogen (secondary N) is 2. The third-order valence-electron chi connectivity index (χ3n) is 3.63. The van der Waals surface area contributed by atoms with Crippen LogP contribution in [0.1, 0.15) is 47.0 Å². The van der Waals surface area contributed by atoms with Crippen molar-refractivity contribution in [2.45, 2.75) is 47.0 Å². The van der Waals surface area contributed by atoms with Gasteiger partial charge < -0.3 is 10.8 Å². The molecule has 1 aliphatic carbocycles. The summed E-state index contributed by atoms with van der Waals surface area (Å²) in [6, 6.07) is 0. The van der Waals surface area contributed by atoms with Gasteiger partial charge in [0.25, 0.3) is 0 Å². The van der Waals surface area contributed by atoms with Gasteiger partial charge in [0.2, 0.25) is 0 Å². The average Bonchev–Trinajstić information content (AvgIpc) is 2.35. The Morgan fingerprint density at radius 2 is 2.11 bits per heavy atom. The highest BCUT2D eigenvalue weighted by Gasteiger charge is 2.20. The molecule has 0 radical (unpaired) electrons. The van der Waals surface area contributed by atoms with E-state index in [1.54, 1.807) is 0 Å². The van der Waals surface area contributed by atoms with E-state index in [2.05, 4.69) is 26.8 Å². The number of hydrogen-bond donors (Lipinski definition) is 2. The number of rotatable bonds is 6. The van der Waals surface area contributed by atoms with Crippen LogP contribution in [-0.4, -0.2) is 17.2 Å². The minimum absolute atomic E-state index is 0.190. The Bertz CT molecular complexity index is 346. The molecular weight excluding hydrogens is 240 g/mol. The first-order valence-corrected chi connectivity index (χ1v) is 7.93. The van der Waals surface area contributed by atoms with E-state index in [-0.39, 0.29) is 5.92 Å². The van der Waals surface area contributed by atoms with E-state index in [9.17, 15) is 0 Å². The van der Waals surface area contributed by atoms with Gasteiger partial charge in [0, 0.05) is 11.7 Å². The monoisotopic (exact) mass is 266 g/mol. The van der Waals surface area contributed by atoms with Gasteiger partial charge in [-0.25, -0.2) is 0 Å². The Morgan fingerprint density at radius 1 is 1.44 bits per heavy atom. The summed E-state index contributed by atoms with van der Waals surface area (Å²) in [6.45, 7) is 8.63. The van der Waals surface area contributed by atoms with E-state index in [1.807, 2.05) is 18.7 Å². The van der Waals surface area contributed by atoms with Crippen LogP contribution in [-0.2, 0) is 0 Å². The summed E-state index contributed by atoms with van der Waals surface area (Å²) in [5, 5.41) is 15.7.